The number of aromatic nitrogens is 4. The molecule has 0 aliphatic carbocycles. The van der Waals surface area contributed by atoms with Crippen molar-refractivity contribution in [2.24, 2.45) is 0 Å². The molecule has 2 aromatic carbocycles. The van der Waals surface area contributed by atoms with Gasteiger partial charge in [-0.3, -0.25) is 9.97 Å². The summed E-state index contributed by atoms with van der Waals surface area (Å²) in [6, 6.07) is 8.43. The molecule has 0 unspecified atom stereocenters. The second-order valence-electron chi connectivity index (χ2n) is 10.9. The average Bonchev–Trinajstić information content (AvgIpc) is 2.99. The molecule has 1 fully saturated rings. The van der Waals surface area contributed by atoms with Gasteiger partial charge in [-0.15, -0.1) is 0 Å². The van der Waals surface area contributed by atoms with Crippen LogP contribution in [0.2, 0.25) is 0 Å². The third kappa shape index (κ3) is 6.74. The molecule has 1 aliphatic heterocycles. The van der Waals surface area contributed by atoms with E-state index in [-0.39, 0.29) is 6.10 Å². The van der Waals surface area contributed by atoms with Crippen molar-refractivity contribution in [1.82, 2.24) is 24.8 Å². The molecule has 0 amide bonds. The minimum absolute atomic E-state index is 0.0364. The highest BCUT2D eigenvalue weighted by Gasteiger charge is 2.23. The number of benzene rings is 2. The normalized spacial score (nSPS) is 14.4. The predicted octanol–water partition coefficient (Wildman–Crippen LogP) is 7.54. The topological polar surface area (TPSA) is 91.3 Å². The minimum atomic E-state index is 0.0364. The van der Waals surface area contributed by atoms with Crippen LogP contribution >= 0.6 is 27.9 Å². The zero-order valence-electron chi connectivity index (χ0n) is 25.1. The van der Waals surface area contributed by atoms with Crippen molar-refractivity contribution in [3.63, 3.8) is 0 Å². The van der Waals surface area contributed by atoms with E-state index in [4.69, 9.17) is 9.72 Å². The molecule has 5 rings (SSSR count). The van der Waals surface area contributed by atoms with Gasteiger partial charge in [0.25, 0.3) is 0 Å². The van der Waals surface area contributed by atoms with Gasteiger partial charge in [0, 0.05) is 31.9 Å². The van der Waals surface area contributed by atoms with E-state index >= 15 is 0 Å². The van der Waals surface area contributed by atoms with Gasteiger partial charge in [-0.05, 0) is 110 Å². The largest absolute Gasteiger partial charge is 0.489 e. The molecule has 2 N–H and O–H groups in total. The number of nitrogens with one attached hydrogen (secondary N) is 2. The molecule has 0 atom stereocenters. The fourth-order valence-corrected chi connectivity index (χ4v) is 6.05. The quantitative estimate of drug-likeness (QED) is 0.168. The van der Waals surface area contributed by atoms with Crippen molar-refractivity contribution in [2.45, 2.75) is 52.1 Å². The molecular formula is C31H39BrN8OS. The van der Waals surface area contributed by atoms with Crippen molar-refractivity contribution in [1.29, 1.82) is 0 Å². The molecule has 0 bridgehead atoms. The number of anilines is 5. The van der Waals surface area contributed by atoms with E-state index < -0.39 is 0 Å². The van der Waals surface area contributed by atoms with Gasteiger partial charge in [0.15, 0.2) is 0 Å². The zero-order chi connectivity index (χ0) is 29.8. The molecule has 9 nitrogen and oxygen atoms in total. The lowest BCUT2D eigenvalue weighted by Crippen LogP contribution is -2.29. The van der Waals surface area contributed by atoms with Crippen LogP contribution in [0.5, 0.6) is 5.75 Å². The van der Waals surface area contributed by atoms with E-state index in [0.29, 0.717) is 17.7 Å². The van der Waals surface area contributed by atoms with Crippen molar-refractivity contribution >= 4 is 67.7 Å². The molecule has 0 spiro atoms. The van der Waals surface area contributed by atoms with Crippen LogP contribution in [0.1, 0.15) is 50.7 Å². The second-order valence-corrected chi connectivity index (χ2v) is 12.6. The number of likely N-dealkylation sites (tertiary alicyclic amines) is 1. The first-order chi connectivity index (χ1) is 20.3. The molecule has 3 heterocycles. The van der Waals surface area contributed by atoms with Crippen LogP contribution in [-0.2, 0) is 6.42 Å². The highest BCUT2D eigenvalue weighted by molar-refractivity contribution is 9.10. The maximum Gasteiger partial charge on any atom is 0.229 e. The summed E-state index contributed by atoms with van der Waals surface area (Å²) in [5, 5.41) is 6.97. The van der Waals surface area contributed by atoms with E-state index in [0.717, 1.165) is 70.7 Å². The lowest BCUT2D eigenvalue weighted by Gasteiger charge is -2.31. The molecule has 4 aromatic rings. The lowest BCUT2D eigenvalue weighted by atomic mass is 9.85. The molecule has 0 saturated carbocycles. The first kappa shape index (κ1) is 30.3. The third-order valence-electron chi connectivity index (χ3n) is 7.59. The molecular weight excluding hydrogens is 612 g/mol. The predicted molar refractivity (Wildman–Crippen MR) is 179 cm³/mol. The fraction of sp³-hybridized carbons (Fsp3) is 0.419. The van der Waals surface area contributed by atoms with Crippen molar-refractivity contribution in [2.75, 3.05) is 48.4 Å². The average molecular weight is 652 g/mol. The molecule has 11 heteroatoms. The molecule has 2 aromatic heterocycles. The van der Waals surface area contributed by atoms with Crippen LogP contribution in [0.4, 0.5) is 28.8 Å². The van der Waals surface area contributed by atoms with Gasteiger partial charge in [-0.25, -0.2) is 4.98 Å². The van der Waals surface area contributed by atoms with E-state index in [1.165, 1.54) is 11.1 Å². The van der Waals surface area contributed by atoms with Crippen molar-refractivity contribution < 1.29 is 4.74 Å². The maximum absolute atomic E-state index is 6.34. The third-order valence-corrected chi connectivity index (χ3v) is 8.90. The standard InChI is InChI=1S/C31H39BrN8OS/c1-7-20-16-26(27(41-19(2)3)17-22(20)21-10-14-39(4)15-11-21)37-31-35-18-23(32)30(38-31)36-25-9-8-24-28(34-13-12-33-24)29(25)40(5)42-6/h8-9,12-13,16-19,21H,7,10-11,14-15H2,1-6H3,(H2,35,36,37,38). The number of hydrogen-bond donors (Lipinski definition) is 2. The van der Waals surface area contributed by atoms with E-state index in [2.05, 4.69) is 90.7 Å². The summed E-state index contributed by atoms with van der Waals surface area (Å²) in [7, 11) is 4.21. The summed E-state index contributed by atoms with van der Waals surface area (Å²) in [6.07, 6.45) is 10.5. The van der Waals surface area contributed by atoms with Gasteiger partial charge in [-0.1, -0.05) is 18.9 Å². The van der Waals surface area contributed by atoms with Gasteiger partial charge in [-0.2, -0.15) is 4.98 Å². The van der Waals surface area contributed by atoms with E-state index in [1.807, 2.05) is 25.4 Å². The van der Waals surface area contributed by atoms with Crippen molar-refractivity contribution in [3.05, 3.63) is 58.5 Å². The van der Waals surface area contributed by atoms with Crippen molar-refractivity contribution in [3.8, 4) is 5.75 Å². The van der Waals surface area contributed by atoms with Crippen LogP contribution in [0, 0.1) is 0 Å². The van der Waals surface area contributed by atoms with Crippen LogP contribution in [0.15, 0.2) is 47.3 Å². The van der Waals surface area contributed by atoms with Crippen LogP contribution in [0.25, 0.3) is 11.0 Å². The highest BCUT2D eigenvalue weighted by atomic mass is 79.9. The summed E-state index contributed by atoms with van der Waals surface area (Å²) in [5.41, 5.74) is 7.04. The Morgan fingerprint density at radius 2 is 1.86 bits per heavy atom. The van der Waals surface area contributed by atoms with E-state index in [9.17, 15) is 0 Å². The molecule has 42 heavy (non-hydrogen) atoms. The van der Waals surface area contributed by atoms with Gasteiger partial charge in [0.05, 0.1) is 33.2 Å². The maximum atomic E-state index is 6.34. The Morgan fingerprint density at radius 3 is 2.57 bits per heavy atom. The SMILES string of the molecule is CCc1cc(Nc2ncc(Br)c(Nc3ccc4nccnc4c3N(C)SC)n2)c(OC(C)C)cc1C1CCN(C)CC1. The Bertz CT molecular complexity index is 1540. The monoisotopic (exact) mass is 650 g/mol. The van der Waals surface area contributed by atoms with Gasteiger partial charge in [0.2, 0.25) is 5.95 Å². The Morgan fingerprint density at radius 1 is 1.10 bits per heavy atom. The molecule has 1 saturated heterocycles. The smallest absolute Gasteiger partial charge is 0.229 e. The summed E-state index contributed by atoms with van der Waals surface area (Å²) in [5.74, 6) is 2.48. The lowest BCUT2D eigenvalue weighted by molar-refractivity contribution is 0.241. The number of hydrogen-bond acceptors (Lipinski definition) is 10. The Balaban J connectivity index is 1.48. The fourth-order valence-electron chi connectivity index (χ4n) is 5.39. The Labute approximate surface area is 261 Å². The summed E-state index contributed by atoms with van der Waals surface area (Å²) >= 11 is 5.24. The van der Waals surface area contributed by atoms with E-state index in [1.54, 1.807) is 30.5 Å². The Hall–Kier alpha value is -3.15. The van der Waals surface area contributed by atoms with Gasteiger partial charge < -0.3 is 24.6 Å². The summed E-state index contributed by atoms with van der Waals surface area (Å²) in [6.45, 7) is 8.57. The zero-order valence-corrected chi connectivity index (χ0v) is 27.5. The number of halogens is 1. The number of fused-ring (bicyclic) bond motifs is 1. The second kappa shape index (κ2) is 13.4. The van der Waals surface area contributed by atoms with Gasteiger partial charge in [0.1, 0.15) is 17.1 Å². The first-order valence-electron chi connectivity index (χ1n) is 14.4. The number of rotatable bonds is 10. The number of ether oxygens (including phenoxy) is 1. The summed E-state index contributed by atoms with van der Waals surface area (Å²) in [4.78, 5) is 21.0. The van der Waals surface area contributed by atoms with Crippen LogP contribution in [0.3, 0.4) is 0 Å². The van der Waals surface area contributed by atoms with Crippen LogP contribution < -0.4 is 19.7 Å². The highest BCUT2D eigenvalue weighted by Crippen LogP contribution is 2.40. The molecule has 1 aliphatic rings. The molecule has 222 valence electrons. The Kier molecular flexibility index (Phi) is 9.70. The first-order valence-corrected chi connectivity index (χ1v) is 16.3. The molecule has 0 radical (unpaired) electrons. The van der Waals surface area contributed by atoms with Gasteiger partial charge >= 0.3 is 0 Å². The summed E-state index contributed by atoms with van der Waals surface area (Å²) < 4.78 is 9.16. The minimum Gasteiger partial charge on any atom is -0.489 e. The number of aryl methyl sites for hydroxylation is 1. The number of piperidine rings is 1. The van der Waals surface area contributed by atoms with Crippen LogP contribution in [-0.4, -0.2) is 64.4 Å². The number of nitrogens with zero attached hydrogens (tertiary/aromatic N) is 6.